The second-order valence-corrected chi connectivity index (χ2v) is 28.7. The van der Waals surface area contributed by atoms with Gasteiger partial charge in [-0.25, -0.2) is 0 Å². The van der Waals surface area contributed by atoms with Gasteiger partial charge in [-0.05, 0) is 134 Å². The SMILES string of the molecule is CCCCCCCCC(CCCCCC)COc1cc(/C=C(\C#N)c2ccc(/C(C#N)=C/c3cc(OCC(CCCCCC)CCCCCCCC)cc(OCC(CCCCCC)CCCCCCCC)c3)cc2)cc(OCC(CCCCCC)CCCCCCCC)c1. The lowest BCUT2D eigenvalue weighted by Gasteiger charge is -2.20. The van der Waals surface area contributed by atoms with Gasteiger partial charge in [0.1, 0.15) is 23.0 Å². The summed E-state index contributed by atoms with van der Waals surface area (Å²) in [4.78, 5) is 0. The Morgan fingerprint density at radius 1 is 0.277 bits per heavy atom. The molecule has 0 spiro atoms. The van der Waals surface area contributed by atoms with Crippen LogP contribution in [0.15, 0.2) is 60.7 Å². The molecule has 0 N–H and O–H groups in total. The smallest absolute Gasteiger partial charge is 0.123 e. The minimum Gasteiger partial charge on any atom is -0.493 e. The normalized spacial score (nSPS) is 13.1. The molecule has 0 saturated carbocycles. The Kier molecular flexibility index (Phi) is 52.0. The van der Waals surface area contributed by atoms with E-state index in [1.165, 1.54) is 308 Å². The van der Waals surface area contributed by atoms with E-state index in [0.29, 0.717) is 61.2 Å². The molecule has 3 rings (SSSR count). The van der Waals surface area contributed by atoms with Crippen LogP contribution in [-0.2, 0) is 0 Å². The van der Waals surface area contributed by atoms with Crippen LogP contribution in [0, 0.1) is 46.3 Å². The Morgan fingerprint density at radius 2 is 0.457 bits per heavy atom. The van der Waals surface area contributed by atoms with Crippen LogP contribution >= 0.6 is 0 Å². The maximum atomic E-state index is 10.9. The third-order valence-corrected chi connectivity index (χ3v) is 19.8. The van der Waals surface area contributed by atoms with E-state index in [1.807, 2.05) is 36.4 Å². The van der Waals surface area contributed by atoms with E-state index in [2.05, 4.69) is 104 Å². The Bertz CT molecular complexity index is 2130. The van der Waals surface area contributed by atoms with Crippen molar-refractivity contribution in [3.05, 3.63) is 82.9 Å². The van der Waals surface area contributed by atoms with Crippen LogP contribution in [0.1, 0.15) is 386 Å². The van der Waals surface area contributed by atoms with Crippen molar-refractivity contribution in [3.8, 4) is 35.1 Å². The van der Waals surface area contributed by atoms with E-state index in [9.17, 15) is 10.5 Å². The molecule has 0 bridgehead atoms. The zero-order chi connectivity index (χ0) is 67.6. The molecule has 530 valence electrons. The Balaban J connectivity index is 2.04. The molecular formula is C88H144N2O4. The van der Waals surface area contributed by atoms with E-state index < -0.39 is 0 Å². The van der Waals surface area contributed by atoms with Crippen LogP contribution in [0.5, 0.6) is 23.0 Å². The van der Waals surface area contributed by atoms with E-state index in [-0.39, 0.29) is 0 Å². The van der Waals surface area contributed by atoms with Gasteiger partial charge in [-0.1, -0.05) is 336 Å². The molecule has 4 atom stereocenters. The fraction of sp³-hybridized carbons (Fsp3) is 0.727. The molecule has 0 saturated heterocycles. The molecule has 6 heteroatoms. The molecule has 94 heavy (non-hydrogen) atoms. The lowest BCUT2D eigenvalue weighted by molar-refractivity contribution is 0.214. The highest BCUT2D eigenvalue weighted by Gasteiger charge is 2.18. The van der Waals surface area contributed by atoms with Gasteiger partial charge in [0.2, 0.25) is 0 Å². The highest BCUT2D eigenvalue weighted by molar-refractivity contribution is 5.93. The molecule has 0 radical (unpaired) electrons. The van der Waals surface area contributed by atoms with Crippen molar-refractivity contribution in [2.75, 3.05) is 26.4 Å². The second kappa shape index (κ2) is 58.5. The van der Waals surface area contributed by atoms with Crippen molar-refractivity contribution in [1.82, 2.24) is 0 Å². The van der Waals surface area contributed by atoms with Crippen molar-refractivity contribution in [3.63, 3.8) is 0 Å². The summed E-state index contributed by atoms with van der Waals surface area (Å²) in [5, 5.41) is 21.9. The molecule has 0 fully saturated rings. The molecular weight excluding hydrogens is 1150 g/mol. The maximum absolute atomic E-state index is 10.9. The molecule has 4 unspecified atom stereocenters. The number of rotatable bonds is 64. The first-order chi connectivity index (χ1) is 46.3. The van der Waals surface area contributed by atoms with E-state index >= 15 is 0 Å². The second-order valence-electron chi connectivity index (χ2n) is 28.7. The lowest BCUT2D eigenvalue weighted by Crippen LogP contribution is -2.14. The fourth-order valence-electron chi connectivity index (χ4n) is 13.6. The van der Waals surface area contributed by atoms with Crippen LogP contribution in [-0.4, -0.2) is 26.4 Å². The zero-order valence-electron chi connectivity index (χ0n) is 62.5. The standard InChI is InChI=1S/C88H144N2O4/c1-9-17-25-33-37-45-53-75(49-41-29-21-13-5)71-91-85-63-79(64-86(67-85)92-72-76(50-42-30-22-14-6)54-46-38-34-26-18-10-2)61-83(69-89)81-57-59-82(60-58-81)84(70-90)62-80-65-87(93-73-77(51-43-31-23-15-7)55-47-39-35-27-19-11-3)68-88(66-80)94-74-78(52-44-32-24-16-8)56-48-40-36-28-20-12-4/h57-68,75-78H,9-56,71-74H2,1-8H3/b83-61+,84-62+. The van der Waals surface area contributed by atoms with Gasteiger partial charge in [0.25, 0.3) is 0 Å². The van der Waals surface area contributed by atoms with Crippen LogP contribution in [0.3, 0.4) is 0 Å². The summed E-state index contributed by atoms with van der Waals surface area (Å²) in [5.41, 5.74) is 4.50. The number of unbranched alkanes of at least 4 members (excludes halogenated alkanes) is 32. The summed E-state index contributed by atoms with van der Waals surface area (Å²) in [5.74, 6) is 5.28. The minimum atomic E-state index is 0.508. The Labute approximate surface area is 581 Å². The average molecular weight is 1290 g/mol. The van der Waals surface area contributed by atoms with Crippen molar-refractivity contribution < 1.29 is 18.9 Å². The van der Waals surface area contributed by atoms with Crippen molar-refractivity contribution in [2.24, 2.45) is 23.7 Å². The van der Waals surface area contributed by atoms with E-state index in [0.717, 1.165) is 45.3 Å². The van der Waals surface area contributed by atoms with Crippen LogP contribution < -0.4 is 18.9 Å². The van der Waals surface area contributed by atoms with Gasteiger partial charge in [0.05, 0.1) is 49.7 Å². The molecule has 0 aliphatic carbocycles. The molecule has 3 aromatic rings. The largest absolute Gasteiger partial charge is 0.493 e. The summed E-state index contributed by atoms with van der Waals surface area (Å²) in [6.45, 7) is 21.1. The highest BCUT2D eigenvalue weighted by atomic mass is 16.5. The molecule has 0 aliphatic rings. The predicted molar refractivity (Wildman–Crippen MR) is 409 cm³/mol. The Morgan fingerprint density at radius 3 is 0.649 bits per heavy atom. The first-order valence-electron chi connectivity index (χ1n) is 40.4. The number of allylic oxidation sites excluding steroid dienone is 2. The summed E-state index contributed by atoms with van der Waals surface area (Å²) >= 11 is 0. The van der Waals surface area contributed by atoms with Crippen molar-refractivity contribution >= 4 is 23.3 Å². The van der Waals surface area contributed by atoms with Gasteiger partial charge in [-0.2, -0.15) is 10.5 Å². The molecule has 0 aromatic heterocycles. The molecule has 0 amide bonds. The number of nitriles is 2. The number of hydrogen-bond donors (Lipinski definition) is 0. The van der Waals surface area contributed by atoms with E-state index in [1.54, 1.807) is 0 Å². The molecule has 3 aromatic carbocycles. The summed E-state index contributed by atoms with van der Waals surface area (Å²) in [6.07, 6.45) is 65.1. The third kappa shape index (κ3) is 41.4. The highest BCUT2D eigenvalue weighted by Crippen LogP contribution is 2.33. The fourth-order valence-corrected chi connectivity index (χ4v) is 13.6. The quantitative estimate of drug-likeness (QED) is 0.0318. The monoisotopic (exact) mass is 1290 g/mol. The molecule has 6 nitrogen and oxygen atoms in total. The number of ether oxygens (including phenoxy) is 4. The minimum absolute atomic E-state index is 0.508. The van der Waals surface area contributed by atoms with Gasteiger partial charge in [-0.3, -0.25) is 0 Å². The Hall–Kier alpha value is -4.68. The van der Waals surface area contributed by atoms with Crippen molar-refractivity contribution in [2.45, 2.75) is 364 Å². The summed E-state index contributed by atoms with van der Waals surface area (Å²) in [7, 11) is 0. The first-order valence-corrected chi connectivity index (χ1v) is 40.4. The van der Waals surface area contributed by atoms with Crippen LogP contribution in [0.25, 0.3) is 23.3 Å². The zero-order valence-corrected chi connectivity index (χ0v) is 62.5. The van der Waals surface area contributed by atoms with Gasteiger partial charge in [0.15, 0.2) is 0 Å². The number of hydrogen-bond acceptors (Lipinski definition) is 6. The number of nitrogens with zero attached hydrogens (tertiary/aromatic N) is 2. The van der Waals surface area contributed by atoms with Gasteiger partial charge < -0.3 is 18.9 Å². The summed E-state index contributed by atoms with van der Waals surface area (Å²) in [6, 6.07) is 25.7. The summed E-state index contributed by atoms with van der Waals surface area (Å²) < 4.78 is 27.4. The predicted octanol–water partition coefficient (Wildman–Crippen LogP) is 28.7. The molecule has 0 aliphatic heterocycles. The van der Waals surface area contributed by atoms with Gasteiger partial charge in [-0.15, -0.1) is 0 Å². The van der Waals surface area contributed by atoms with Crippen molar-refractivity contribution in [1.29, 1.82) is 10.5 Å². The lowest BCUT2D eigenvalue weighted by atomic mass is 9.95. The van der Waals surface area contributed by atoms with Crippen LogP contribution in [0.2, 0.25) is 0 Å². The van der Waals surface area contributed by atoms with Gasteiger partial charge >= 0.3 is 0 Å². The third-order valence-electron chi connectivity index (χ3n) is 19.8. The first kappa shape index (κ1) is 83.5. The van der Waals surface area contributed by atoms with Crippen LogP contribution in [0.4, 0.5) is 0 Å². The topological polar surface area (TPSA) is 84.5 Å². The average Bonchev–Trinajstić information content (AvgIpc) is 0.865. The van der Waals surface area contributed by atoms with Gasteiger partial charge in [0, 0.05) is 12.1 Å². The maximum Gasteiger partial charge on any atom is 0.123 e. The number of benzene rings is 3. The molecule has 0 heterocycles. The van der Waals surface area contributed by atoms with E-state index in [4.69, 9.17) is 18.9 Å².